The predicted molar refractivity (Wildman–Crippen MR) is 122 cm³/mol. The third-order valence-electron chi connectivity index (χ3n) is 3.24. The molecule has 0 aliphatic heterocycles. The number of hydrogen-bond donors (Lipinski definition) is 0. The molecule has 0 fully saturated rings. The molecule has 1 atom stereocenters. The molecular formula is C21H31N5O3S. The van der Waals surface area contributed by atoms with E-state index in [1.54, 1.807) is 32.4 Å². The molecule has 2 heterocycles. The van der Waals surface area contributed by atoms with E-state index in [-0.39, 0.29) is 11.7 Å². The fraction of sp³-hybridized carbons (Fsp3) is 0.429. The molecule has 0 amide bonds. The summed E-state index contributed by atoms with van der Waals surface area (Å²) < 4.78 is 5.40. The molecule has 164 valence electrons. The number of aldehydes is 1. The summed E-state index contributed by atoms with van der Waals surface area (Å²) in [5.41, 5.74) is 1.48. The summed E-state index contributed by atoms with van der Waals surface area (Å²) in [5, 5.41) is 0.504. The minimum absolute atomic E-state index is 0.125. The second-order valence-electron chi connectivity index (χ2n) is 5.57. The molecule has 0 bridgehead atoms. The maximum atomic E-state index is 12.0. The Morgan fingerprint density at radius 3 is 2.40 bits per heavy atom. The second kappa shape index (κ2) is 16.0. The fourth-order valence-corrected chi connectivity index (χ4v) is 2.83. The van der Waals surface area contributed by atoms with Gasteiger partial charge >= 0.3 is 5.97 Å². The average molecular weight is 434 g/mol. The Morgan fingerprint density at radius 1 is 1.20 bits per heavy atom. The number of carbonyl (C=O) groups is 2. The van der Waals surface area contributed by atoms with E-state index in [0.29, 0.717) is 16.7 Å². The van der Waals surface area contributed by atoms with Gasteiger partial charge in [0.2, 0.25) is 0 Å². The maximum Gasteiger partial charge on any atom is 0.317 e. The molecule has 0 saturated heterocycles. The Hall–Kier alpha value is -2.81. The van der Waals surface area contributed by atoms with Gasteiger partial charge in [0.15, 0.2) is 11.3 Å². The molecule has 8 nitrogen and oxygen atoms in total. The predicted octanol–water partition coefficient (Wildman–Crippen LogP) is 3.38. The molecule has 30 heavy (non-hydrogen) atoms. The number of aliphatic imine (C=N–C) groups is 1. The standard InChI is InChI=1S/C17H21N5O2S.C2H4O.C2H6/c1-12(16(18-2)22(3)4)24-15(23)11-25-17-20-10-8-14(21-17)13-7-5-6-9-19-13;1-2-3;1-2/h5-10,12H,11H2,1-4H3;2H,1H3;1-2H3. The van der Waals surface area contributed by atoms with Crippen molar-refractivity contribution in [3.63, 3.8) is 0 Å². The Balaban J connectivity index is 0.00000154. The molecule has 0 aromatic carbocycles. The van der Waals surface area contributed by atoms with Gasteiger partial charge < -0.3 is 14.4 Å². The number of thioether (sulfide) groups is 1. The van der Waals surface area contributed by atoms with Crippen molar-refractivity contribution >= 4 is 29.9 Å². The number of amidine groups is 1. The van der Waals surface area contributed by atoms with Gasteiger partial charge in [0.05, 0.1) is 17.1 Å². The minimum atomic E-state index is -0.408. The van der Waals surface area contributed by atoms with E-state index in [1.807, 2.05) is 51.0 Å². The first-order valence-corrected chi connectivity index (χ1v) is 10.5. The van der Waals surface area contributed by atoms with Crippen LogP contribution in [0.5, 0.6) is 0 Å². The number of esters is 1. The fourth-order valence-electron chi connectivity index (χ4n) is 2.22. The number of carbonyl (C=O) groups excluding carboxylic acids is 2. The average Bonchev–Trinajstić information content (AvgIpc) is 2.75. The van der Waals surface area contributed by atoms with Crippen LogP contribution >= 0.6 is 11.8 Å². The highest BCUT2D eigenvalue weighted by Crippen LogP contribution is 2.18. The molecule has 0 aliphatic carbocycles. The Labute approximate surface area is 183 Å². The lowest BCUT2D eigenvalue weighted by Crippen LogP contribution is -2.35. The van der Waals surface area contributed by atoms with Crippen LogP contribution in [-0.2, 0) is 14.3 Å². The molecule has 2 aromatic rings. The number of nitrogens with zero attached hydrogens (tertiary/aromatic N) is 5. The molecule has 1 unspecified atom stereocenters. The van der Waals surface area contributed by atoms with Gasteiger partial charge in [-0.2, -0.15) is 0 Å². The molecular weight excluding hydrogens is 402 g/mol. The lowest BCUT2D eigenvalue weighted by Gasteiger charge is -2.21. The van der Waals surface area contributed by atoms with Crippen LogP contribution in [0.2, 0.25) is 0 Å². The van der Waals surface area contributed by atoms with Gasteiger partial charge in [-0.25, -0.2) is 9.97 Å². The van der Waals surface area contributed by atoms with Gasteiger partial charge in [0, 0.05) is 33.5 Å². The van der Waals surface area contributed by atoms with Crippen molar-refractivity contribution in [2.75, 3.05) is 26.9 Å². The molecule has 2 rings (SSSR count). The number of hydrogen-bond acceptors (Lipinski definition) is 8. The highest BCUT2D eigenvalue weighted by Gasteiger charge is 2.17. The van der Waals surface area contributed by atoms with Crippen LogP contribution < -0.4 is 0 Å². The molecule has 0 radical (unpaired) electrons. The Kier molecular flexibility index (Phi) is 14.5. The zero-order chi connectivity index (χ0) is 22.9. The number of aromatic nitrogens is 3. The van der Waals surface area contributed by atoms with Crippen LogP contribution in [0.3, 0.4) is 0 Å². The van der Waals surface area contributed by atoms with Crippen LogP contribution in [0.1, 0.15) is 27.7 Å². The van der Waals surface area contributed by atoms with E-state index < -0.39 is 6.10 Å². The van der Waals surface area contributed by atoms with E-state index in [0.717, 1.165) is 12.0 Å². The van der Waals surface area contributed by atoms with Crippen molar-refractivity contribution in [3.8, 4) is 11.4 Å². The largest absolute Gasteiger partial charge is 0.454 e. The SMILES string of the molecule is CC.CC=O.CN=C(C(C)OC(=O)CSc1nccc(-c2ccccn2)n1)N(C)C. The van der Waals surface area contributed by atoms with Crippen molar-refractivity contribution in [2.24, 2.45) is 4.99 Å². The molecule has 0 N–H and O–H groups in total. The third-order valence-corrected chi connectivity index (χ3v) is 4.07. The van der Waals surface area contributed by atoms with Crippen molar-refractivity contribution in [1.82, 2.24) is 19.9 Å². The molecule has 2 aromatic heterocycles. The third kappa shape index (κ3) is 10.1. The summed E-state index contributed by atoms with van der Waals surface area (Å²) in [6.45, 7) is 7.24. The van der Waals surface area contributed by atoms with Gasteiger partial charge in [0.25, 0.3) is 0 Å². The van der Waals surface area contributed by atoms with Crippen LogP contribution in [0.15, 0.2) is 46.8 Å². The highest BCUT2D eigenvalue weighted by atomic mass is 32.2. The van der Waals surface area contributed by atoms with Crippen LogP contribution in [-0.4, -0.2) is 70.9 Å². The number of pyridine rings is 1. The van der Waals surface area contributed by atoms with Gasteiger partial charge in [-0.05, 0) is 32.0 Å². The van der Waals surface area contributed by atoms with Crippen molar-refractivity contribution < 1.29 is 14.3 Å². The smallest absolute Gasteiger partial charge is 0.317 e. The van der Waals surface area contributed by atoms with E-state index in [2.05, 4.69) is 19.9 Å². The number of ether oxygens (including phenoxy) is 1. The first-order valence-electron chi connectivity index (χ1n) is 9.53. The first kappa shape index (κ1) is 27.2. The quantitative estimate of drug-likeness (QED) is 0.171. The highest BCUT2D eigenvalue weighted by molar-refractivity contribution is 7.99. The lowest BCUT2D eigenvalue weighted by atomic mass is 10.3. The zero-order valence-electron chi connectivity index (χ0n) is 18.7. The minimum Gasteiger partial charge on any atom is -0.454 e. The van der Waals surface area contributed by atoms with Gasteiger partial charge in [-0.1, -0.05) is 31.7 Å². The maximum absolute atomic E-state index is 12.0. The van der Waals surface area contributed by atoms with Crippen molar-refractivity contribution in [2.45, 2.75) is 39.0 Å². The molecule has 0 saturated carbocycles. The molecule has 0 aliphatic rings. The van der Waals surface area contributed by atoms with Gasteiger partial charge in [-0.15, -0.1) is 0 Å². The first-order chi connectivity index (χ1) is 14.4. The summed E-state index contributed by atoms with van der Waals surface area (Å²) in [7, 11) is 5.39. The number of rotatable bonds is 6. The van der Waals surface area contributed by atoms with Crippen LogP contribution in [0, 0.1) is 0 Å². The second-order valence-corrected chi connectivity index (χ2v) is 6.51. The van der Waals surface area contributed by atoms with E-state index in [1.165, 1.54) is 18.7 Å². The summed E-state index contributed by atoms with van der Waals surface area (Å²) >= 11 is 1.23. The zero-order valence-corrected chi connectivity index (χ0v) is 19.5. The monoisotopic (exact) mass is 433 g/mol. The van der Waals surface area contributed by atoms with Crippen molar-refractivity contribution in [1.29, 1.82) is 0 Å². The van der Waals surface area contributed by atoms with Crippen molar-refractivity contribution in [3.05, 3.63) is 36.7 Å². The Morgan fingerprint density at radius 2 is 1.87 bits per heavy atom. The summed E-state index contributed by atoms with van der Waals surface area (Å²) in [4.78, 5) is 39.7. The number of likely N-dealkylation sites (N-methyl/N-ethyl adjacent to an activating group) is 1. The summed E-state index contributed by atoms with van der Waals surface area (Å²) in [6.07, 6.45) is 3.70. The molecule has 9 heteroatoms. The summed E-state index contributed by atoms with van der Waals surface area (Å²) in [6, 6.07) is 7.40. The molecule has 0 spiro atoms. The van der Waals surface area contributed by atoms with Crippen LogP contribution in [0.4, 0.5) is 0 Å². The van der Waals surface area contributed by atoms with Crippen LogP contribution in [0.25, 0.3) is 11.4 Å². The van der Waals surface area contributed by atoms with Gasteiger partial charge in [0.1, 0.15) is 12.1 Å². The lowest BCUT2D eigenvalue weighted by molar-refractivity contribution is -0.142. The van der Waals surface area contributed by atoms with E-state index in [4.69, 9.17) is 9.53 Å². The van der Waals surface area contributed by atoms with E-state index in [9.17, 15) is 4.79 Å². The Bertz CT molecular complexity index is 785. The normalized spacial score (nSPS) is 11.1. The van der Waals surface area contributed by atoms with Gasteiger partial charge in [-0.3, -0.25) is 14.8 Å². The summed E-state index contributed by atoms with van der Waals surface area (Å²) in [5.74, 6) is 0.486. The van der Waals surface area contributed by atoms with E-state index >= 15 is 0 Å². The topological polar surface area (TPSA) is 97.6 Å².